The van der Waals surface area contributed by atoms with E-state index < -0.39 is 76.6 Å². The maximum absolute atomic E-state index is 13.4. The first-order valence-electron chi connectivity index (χ1n) is 12.9. The van der Waals surface area contributed by atoms with Crippen LogP contribution >= 0.6 is 23.2 Å². The van der Waals surface area contributed by atoms with Crippen LogP contribution in [0.25, 0.3) is 0 Å². The van der Waals surface area contributed by atoms with Gasteiger partial charge in [0, 0.05) is 27.4 Å². The van der Waals surface area contributed by atoms with Crippen molar-refractivity contribution in [3.8, 4) is 0 Å². The van der Waals surface area contributed by atoms with Gasteiger partial charge in [0.1, 0.15) is 15.9 Å². The average molecular weight is 660 g/mol. The molecule has 0 fully saturated rings. The number of sulfone groups is 1. The number of esters is 2. The lowest BCUT2D eigenvalue weighted by atomic mass is 10.1. The van der Waals surface area contributed by atoms with Crippen LogP contribution in [0, 0.1) is 0 Å². The summed E-state index contributed by atoms with van der Waals surface area (Å²) in [6.07, 6.45) is 0.414. The van der Waals surface area contributed by atoms with Gasteiger partial charge >= 0.3 is 11.9 Å². The SMILES string of the molecule is CS(=O)(=O)CC[C@@H](C(=O)OCC(=O)c1ccc(Cl)cc1)N1C(=O)c2ccc(C(=O)OCC(=O)c3ccc(Cl)cc3)cc2C1=O. The molecule has 0 saturated heterocycles. The Bertz CT molecular complexity index is 1770. The van der Waals surface area contributed by atoms with E-state index in [4.69, 9.17) is 32.7 Å². The number of halogens is 2. The predicted octanol–water partition coefficient (Wildman–Crippen LogP) is 3.86. The Morgan fingerprint density at radius 2 is 1.20 bits per heavy atom. The number of hydrogen-bond donors (Lipinski definition) is 0. The number of ether oxygens (including phenoxy) is 2. The zero-order valence-electron chi connectivity index (χ0n) is 23.0. The molecule has 44 heavy (non-hydrogen) atoms. The summed E-state index contributed by atoms with van der Waals surface area (Å²) in [5, 5.41) is 0.802. The summed E-state index contributed by atoms with van der Waals surface area (Å²) in [4.78, 5) is 77.7. The summed E-state index contributed by atoms with van der Waals surface area (Å²) in [6.45, 7) is -1.35. The van der Waals surface area contributed by atoms with Gasteiger partial charge in [0.05, 0.1) is 22.4 Å². The molecule has 0 saturated carbocycles. The third-order valence-corrected chi connectivity index (χ3v) is 7.99. The maximum atomic E-state index is 13.4. The molecule has 228 valence electrons. The van der Waals surface area contributed by atoms with Crippen molar-refractivity contribution in [1.29, 1.82) is 0 Å². The normalized spacial score (nSPS) is 13.3. The summed E-state index contributed by atoms with van der Waals surface area (Å²) in [7, 11) is -3.65. The Labute approximate surface area is 261 Å². The van der Waals surface area contributed by atoms with Crippen molar-refractivity contribution >= 4 is 68.4 Å². The van der Waals surface area contributed by atoms with E-state index in [2.05, 4.69) is 0 Å². The fraction of sp³-hybridized carbons (Fsp3) is 0.200. The Balaban J connectivity index is 1.50. The molecular weight excluding hydrogens is 637 g/mol. The average Bonchev–Trinajstić information content (AvgIpc) is 3.23. The molecule has 0 N–H and O–H groups in total. The van der Waals surface area contributed by atoms with Crippen molar-refractivity contribution in [3.63, 3.8) is 0 Å². The minimum absolute atomic E-state index is 0.153. The first-order chi connectivity index (χ1) is 20.7. The molecule has 1 aliphatic rings. The second kappa shape index (κ2) is 13.5. The lowest BCUT2D eigenvalue weighted by molar-refractivity contribution is -0.147. The Morgan fingerprint density at radius 3 is 1.73 bits per heavy atom. The Hall–Kier alpha value is -4.39. The third-order valence-electron chi connectivity index (χ3n) is 6.51. The van der Waals surface area contributed by atoms with Crippen molar-refractivity contribution in [1.82, 2.24) is 4.90 Å². The van der Waals surface area contributed by atoms with Gasteiger partial charge in [-0.15, -0.1) is 0 Å². The molecule has 2 amide bonds. The first-order valence-corrected chi connectivity index (χ1v) is 15.7. The number of amides is 2. The molecule has 14 heteroatoms. The van der Waals surface area contributed by atoms with Gasteiger partial charge in [-0.25, -0.2) is 18.0 Å². The molecule has 1 atom stereocenters. The van der Waals surface area contributed by atoms with Crippen molar-refractivity contribution in [2.75, 3.05) is 25.2 Å². The smallest absolute Gasteiger partial charge is 0.338 e. The quantitative estimate of drug-likeness (QED) is 0.159. The van der Waals surface area contributed by atoms with Crippen LogP contribution in [0.5, 0.6) is 0 Å². The molecular formula is C30H23Cl2NO10S. The highest BCUT2D eigenvalue weighted by Gasteiger charge is 2.44. The monoisotopic (exact) mass is 659 g/mol. The highest BCUT2D eigenvalue weighted by molar-refractivity contribution is 7.90. The van der Waals surface area contributed by atoms with Gasteiger partial charge in [-0.2, -0.15) is 0 Å². The van der Waals surface area contributed by atoms with Crippen LogP contribution in [0.4, 0.5) is 0 Å². The standard InChI is InChI=1S/C30H23Cl2NO10S/c1-44(40,41)13-12-24(30(39)43-16-26(35)18-4-9-21(32)10-5-18)33-27(36)22-11-6-19(14-23(22)28(33)37)29(38)42-15-25(34)17-2-7-20(31)8-3-17/h2-11,14,24H,12-13,15-16H2,1H3/t24-/m0/s1. The van der Waals surface area contributed by atoms with Crippen molar-refractivity contribution < 1.29 is 46.7 Å². The van der Waals surface area contributed by atoms with Crippen LogP contribution in [0.2, 0.25) is 10.0 Å². The Morgan fingerprint density at radius 1 is 0.727 bits per heavy atom. The van der Waals surface area contributed by atoms with Crippen LogP contribution < -0.4 is 0 Å². The van der Waals surface area contributed by atoms with E-state index in [0.29, 0.717) is 14.9 Å². The van der Waals surface area contributed by atoms with Crippen LogP contribution in [-0.4, -0.2) is 79.9 Å². The van der Waals surface area contributed by atoms with Crippen molar-refractivity contribution in [3.05, 3.63) is 105 Å². The summed E-state index contributed by atoms with van der Waals surface area (Å²) in [6, 6.07) is 13.5. The highest BCUT2D eigenvalue weighted by atomic mass is 35.5. The van der Waals surface area contributed by atoms with Crippen LogP contribution in [-0.2, 0) is 24.1 Å². The number of Topliss-reactive ketones (excluding diaryl/α,β-unsaturated/α-hetero) is 2. The molecule has 1 aliphatic heterocycles. The van der Waals surface area contributed by atoms with Gasteiger partial charge < -0.3 is 9.47 Å². The van der Waals surface area contributed by atoms with Crippen molar-refractivity contribution in [2.24, 2.45) is 0 Å². The van der Waals surface area contributed by atoms with Gasteiger partial charge in [0.15, 0.2) is 24.8 Å². The van der Waals surface area contributed by atoms with Gasteiger partial charge in [-0.1, -0.05) is 23.2 Å². The van der Waals surface area contributed by atoms with Gasteiger partial charge in [0.25, 0.3) is 11.8 Å². The zero-order valence-corrected chi connectivity index (χ0v) is 25.3. The van der Waals surface area contributed by atoms with E-state index in [0.717, 1.165) is 12.3 Å². The molecule has 0 unspecified atom stereocenters. The molecule has 3 aromatic rings. The van der Waals surface area contributed by atoms with E-state index in [1.54, 1.807) is 0 Å². The lowest BCUT2D eigenvalue weighted by Gasteiger charge is -2.24. The summed E-state index contributed by atoms with van der Waals surface area (Å²) in [5.74, 6) is -5.73. The van der Waals surface area contributed by atoms with Gasteiger partial charge in [-0.3, -0.25) is 24.1 Å². The molecule has 0 aliphatic carbocycles. The van der Waals surface area contributed by atoms with Crippen LogP contribution in [0.15, 0.2) is 66.7 Å². The van der Waals surface area contributed by atoms with E-state index in [1.165, 1.54) is 60.7 Å². The second-order valence-electron chi connectivity index (χ2n) is 9.72. The number of carbonyl (C=O) groups excluding carboxylic acids is 6. The van der Waals surface area contributed by atoms with Crippen molar-refractivity contribution in [2.45, 2.75) is 12.5 Å². The molecule has 0 aromatic heterocycles. The van der Waals surface area contributed by atoms with Gasteiger partial charge in [0.2, 0.25) is 0 Å². The van der Waals surface area contributed by atoms with E-state index in [1.807, 2.05) is 0 Å². The summed E-state index contributed by atoms with van der Waals surface area (Å²) in [5.41, 5.74) is -0.111. The number of benzene rings is 3. The van der Waals surface area contributed by atoms with E-state index in [9.17, 15) is 37.2 Å². The maximum Gasteiger partial charge on any atom is 0.338 e. The minimum Gasteiger partial charge on any atom is -0.456 e. The van der Waals surface area contributed by atoms with Crippen LogP contribution in [0.1, 0.15) is 58.2 Å². The highest BCUT2D eigenvalue weighted by Crippen LogP contribution is 2.28. The number of rotatable bonds is 12. The number of ketones is 2. The fourth-order valence-electron chi connectivity index (χ4n) is 4.23. The molecule has 3 aromatic carbocycles. The zero-order chi connectivity index (χ0) is 32.2. The molecule has 11 nitrogen and oxygen atoms in total. The molecule has 4 rings (SSSR count). The fourth-order valence-corrected chi connectivity index (χ4v) is 5.14. The summed E-state index contributed by atoms with van der Waals surface area (Å²) < 4.78 is 33.9. The summed E-state index contributed by atoms with van der Waals surface area (Å²) >= 11 is 11.6. The lowest BCUT2D eigenvalue weighted by Crippen LogP contribution is -2.46. The second-order valence-corrected chi connectivity index (χ2v) is 12.9. The third kappa shape index (κ3) is 7.76. The van der Waals surface area contributed by atoms with Gasteiger partial charge in [-0.05, 0) is 73.2 Å². The van der Waals surface area contributed by atoms with Crippen LogP contribution in [0.3, 0.4) is 0 Å². The van der Waals surface area contributed by atoms with E-state index >= 15 is 0 Å². The molecule has 0 bridgehead atoms. The molecule has 0 radical (unpaired) electrons. The molecule has 0 spiro atoms. The largest absolute Gasteiger partial charge is 0.456 e. The predicted molar refractivity (Wildman–Crippen MR) is 158 cm³/mol. The number of fused-ring (bicyclic) bond motifs is 1. The topological polar surface area (TPSA) is 158 Å². The number of nitrogens with zero attached hydrogens (tertiary/aromatic N) is 1. The molecule has 1 heterocycles. The number of hydrogen-bond acceptors (Lipinski definition) is 10. The minimum atomic E-state index is -3.65. The van der Waals surface area contributed by atoms with E-state index in [-0.39, 0.29) is 27.8 Å². The first kappa shape index (κ1) is 32.5. The Kier molecular flexibility index (Phi) is 9.98. The number of carbonyl (C=O) groups is 6. The number of imide groups is 1.